The van der Waals surface area contributed by atoms with E-state index >= 15 is 0 Å². The molecule has 23 heavy (non-hydrogen) atoms. The van der Waals surface area contributed by atoms with Crippen molar-refractivity contribution in [2.75, 3.05) is 40.4 Å². The summed E-state index contributed by atoms with van der Waals surface area (Å²) >= 11 is 0. The molecule has 0 aliphatic carbocycles. The molecule has 1 N–H and O–H groups in total. The smallest absolute Gasteiger partial charge is 0.226 e. The average molecular weight is 320 g/mol. The van der Waals surface area contributed by atoms with E-state index in [2.05, 4.69) is 12.2 Å². The SMILES string of the molecule is CCNCC1CCN(C(=O)Cc2ccc(OC)c(OC)c2)CC1. The molecule has 0 saturated carbocycles. The van der Waals surface area contributed by atoms with Crippen LogP contribution >= 0.6 is 0 Å². The van der Waals surface area contributed by atoms with E-state index in [4.69, 9.17) is 9.47 Å². The van der Waals surface area contributed by atoms with E-state index < -0.39 is 0 Å². The number of hydrogen-bond acceptors (Lipinski definition) is 4. The van der Waals surface area contributed by atoms with Crippen LogP contribution in [0.5, 0.6) is 11.5 Å². The number of likely N-dealkylation sites (tertiary alicyclic amines) is 1. The van der Waals surface area contributed by atoms with Gasteiger partial charge in [-0.25, -0.2) is 0 Å². The highest BCUT2D eigenvalue weighted by Gasteiger charge is 2.22. The molecule has 128 valence electrons. The van der Waals surface area contributed by atoms with E-state index in [1.165, 1.54) is 0 Å². The number of benzene rings is 1. The Balaban J connectivity index is 1.88. The van der Waals surface area contributed by atoms with Crippen LogP contribution in [0.3, 0.4) is 0 Å². The van der Waals surface area contributed by atoms with Crippen molar-refractivity contribution in [3.63, 3.8) is 0 Å². The zero-order chi connectivity index (χ0) is 16.7. The van der Waals surface area contributed by atoms with Gasteiger partial charge in [-0.1, -0.05) is 13.0 Å². The van der Waals surface area contributed by atoms with Crippen molar-refractivity contribution in [2.45, 2.75) is 26.2 Å². The largest absolute Gasteiger partial charge is 0.493 e. The van der Waals surface area contributed by atoms with Crippen molar-refractivity contribution < 1.29 is 14.3 Å². The predicted octanol–water partition coefficient (Wildman–Crippen LogP) is 2.09. The average Bonchev–Trinajstić information content (AvgIpc) is 2.60. The van der Waals surface area contributed by atoms with Crippen molar-refractivity contribution >= 4 is 5.91 Å². The molecule has 0 aromatic heterocycles. The molecule has 1 aliphatic heterocycles. The van der Waals surface area contributed by atoms with Gasteiger partial charge in [-0.15, -0.1) is 0 Å². The molecule has 2 rings (SSSR count). The molecule has 1 aromatic rings. The van der Waals surface area contributed by atoms with E-state index in [1.54, 1.807) is 14.2 Å². The lowest BCUT2D eigenvalue weighted by Gasteiger charge is -2.32. The van der Waals surface area contributed by atoms with Crippen LogP contribution in [0.1, 0.15) is 25.3 Å². The first-order valence-electron chi connectivity index (χ1n) is 8.37. The highest BCUT2D eigenvalue weighted by Crippen LogP contribution is 2.28. The third-order valence-electron chi connectivity index (χ3n) is 4.45. The van der Waals surface area contributed by atoms with Crippen LogP contribution < -0.4 is 14.8 Å². The minimum Gasteiger partial charge on any atom is -0.493 e. The molecule has 0 atom stereocenters. The van der Waals surface area contributed by atoms with Crippen molar-refractivity contribution in [3.8, 4) is 11.5 Å². The number of carbonyl (C=O) groups is 1. The van der Waals surface area contributed by atoms with Gasteiger partial charge in [-0.2, -0.15) is 0 Å². The van der Waals surface area contributed by atoms with Gasteiger partial charge in [0, 0.05) is 13.1 Å². The molecule has 1 aromatic carbocycles. The van der Waals surface area contributed by atoms with E-state index in [1.807, 2.05) is 23.1 Å². The Kier molecular flexibility index (Phi) is 6.71. The summed E-state index contributed by atoms with van der Waals surface area (Å²) in [4.78, 5) is 14.5. The van der Waals surface area contributed by atoms with Crippen LogP contribution in [-0.4, -0.2) is 51.2 Å². The van der Waals surface area contributed by atoms with E-state index in [0.717, 1.165) is 44.6 Å². The lowest BCUT2D eigenvalue weighted by atomic mass is 9.96. The third kappa shape index (κ3) is 4.86. The van der Waals surface area contributed by atoms with Gasteiger partial charge in [0.1, 0.15) is 0 Å². The van der Waals surface area contributed by atoms with Gasteiger partial charge in [-0.3, -0.25) is 4.79 Å². The van der Waals surface area contributed by atoms with Crippen LogP contribution in [0, 0.1) is 5.92 Å². The van der Waals surface area contributed by atoms with Crippen molar-refractivity contribution in [3.05, 3.63) is 23.8 Å². The first-order chi connectivity index (χ1) is 11.2. The second kappa shape index (κ2) is 8.77. The van der Waals surface area contributed by atoms with E-state index in [9.17, 15) is 4.79 Å². The summed E-state index contributed by atoms with van der Waals surface area (Å²) in [5, 5.41) is 3.40. The summed E-state index contributed by atoms with van der Waals surface area (Å²) in [5.41, 5.74) is 0.961. The van der Waals surface area contributed by atoms with Crippen LogP contribution in [0.2, 0.25) is 0 Å². The Hall–Kier alpha value is -1.75. The number of methoxy groups -OCH3 is 2. The van der Waals surface area contributed by atoms with Gasteiger partial charge in [0.05, 0.1) is 20.6 Å². The molecular weight excluding hydrogens is 292 g/mol. The summed E-state index contributed by atoms with van der Waals surface area (Å²) in [5.74, 6) is 2.24. The quantitative estimate of drug-likeness (QED) is 0.836. The number of rotatable bonds is 7. The maximum absolute atomic E-state index is 12.5. The number of hydrogen-bond donors (Lipinski definition) is 1. The number of nitrogens with one attached hydrogen (secondary N) is 1. The lowest BCUT2D eigenvalue weighted by Crippen LogP contribution is -2.41. The first kappa shape index (κ1) is 17.6. The van der Waals surface area contributed by atoms with Gasteiger partial charge in [0.15, 0.2) is 11.5 Å². The van der Waals surface area contributed by atoms with Crippen LogP contribution in [0.25, 0.3) is 0 Å². The zero-order valence-corrected chi connectivity index (χ0v) is 14.4. The van der Waals surface area contributed by atoms with Crippen molar-refractivity contribution in [1.29, 1.82) is 0 Å². The second-order valence-corrected chi connectivity index (χ2v) is 6.00. The van der Waals surface area contributed by atoms with Gasteiger partial charge < -0.3 is 19.7 Å². The Labute approximate surface area is 139 Å². The van der Waals surface area contributed by atoms with Crippen LogP contribution in [-0.2, 0) is 11.2 Å². The van der Waals surface area contributed by atoms with E-state index in [-0.39, 0.29) is 5.91 Å². The standard InChI is InChI=1S/C18H28N2O3/c1-4-19-13-14-7-9-20(10-8-14)18(21)12-15-5-6-16(22-2)17(11-15)23-3/h5-6,11,14,19H,4,7-10,12-13H2,1-3H3. The molecule has 0 spiro atoms. The van der Waals surface area contributed by atoms with Crippen molar-refractivity contribution in [2.24, 2.45) is 5.92 Å². The normalized spacial score (nSPS) is 15.5. The first-order valence-corrected chi connectivity index (χ1v) is 8.37. The predicted molar refractivity (Wildman–Crippen MR) is 91.1 cm³/mol. The number of nitrogens with zero attached hydrogens (tertiary/aromatic N) is 1. The topological polar surface area (TPSA) is 50.8 Å². The molecule has 1 fully saturated rings. The van der Waals surface area contributed by atoms with E-state index in [0.29, 0.717) is 23.8 Å². The fourth-order valence-corrected chi connectivity index (χ4v) is 3.01. The fourth-order valence-electron chi connectivity index (χ4n) is 3.01. The maximum Gasteiger partial charge on any atom is 0.226 e. The summed E-state index contributed by atoms with van der Waals surface area (Å²) in [6.07, 6.45) is 2.59. The Morgan fingerprint density at radius 3 is 2.52 bits per heavy atom. The molecule has 0 radical (unpaired) electrons. The number of carbonyl (C=O) groups excluding carboxylic acids is 1. The molecule has 1 amide bonds. The summed E-state index contributed by atoms with van der Waals surface area (Å²) in [7, 11) is 3.22. The lowest BCUT2D eigenvalue weighted by molar-refractivity contribution is -0.131. The number of amides is 1. The van der Waals surface area contributed by atoms with Gasteiger partial charge >= 0.3 is 0 Å². The highest BCUT2D eigenvalue weighted by molar-refractivity contribution is 5.79. The van der Waals surface area contributed by atoms with Crippen LogP contribution in [0.4, 0.5) is 0 Å². The molecular formula is C18H28N2O3. The molecule has 1 saturated heterocycles. The Morgan fingerprint density at radius 2 is 1.91 bits per heavy atom. The maximum atomic E-state index is 12.5. The zero-order valence-electron chi connectivity index (χ0n) is 14.4. The number of ether oxygens (including phenoxy) is 2. The second-order valence-electron chi connectivity index (χ2n) is 6.00. The summed E-state index contributed by atoms with van der Waals surface area (Å²) < 4.78 is 10.5. The van der Waals surface area contributed by atoms with Gasteiger partial charge in [0.2, 0.25) is 5.91 Å². The highest BCUT2D eigenvalue weighted by atomic mass is 16.5. The Bertz CT molecular complexity index is 511. The molecule has 0 unspecified atom stereocenters. The minimum absolute atomic E-state index is 0.194. The molecule has 5 nitrogen and oxygen atoms in total. The minimum atomic E-state index is 0.194. The summed E-state index contributed by atoms with van der Waals surface area (Å²) in [6, 6.07) is 5.66. The molecule has 0 bridgehead atoms. The molecule has 5 heteroatoms. The van der Waals surface area contributed by atoms with Crippen LogP contribution in [0.15, 0.2) is 18.2 Å². The Morgan fingerprint density at radius 1 is 1.22 bits per heavy atom. The third-order valence-corrected chi connectivity index (χ3v) is 4.45. The molecule has 1 aliphatic rings. The monoisotopic (exact) mass is 320 g/mol. The van der Waals surface area contributed by atoms with Crippen molar-refractivity contribution in [1.82, 2.24) is 10.2 Å². The summed E-state index contributed by atoms with van der Waals surface area (Å²) in [6.45, 7) is 5.93. The van der Waals surface area contributed by atoms with Gasteiger partial charge in [0.25, 0.3) is 0 Å². The van der Waals surface area contributed by atoms with Gasteiger partial charge in [-0.05, 0) is 49.5 Å². The molecule has 1 heterocycles. The fraction of sp³-hybridized carbons (Fsp3) is 0.611. The number of piperidine rings is 1.